The number of nitrogens with zero attached hydrogens (tertiary/aromatic N) is 3. The third kappa shape index (κ3) is 11.2. The van der Waals surface area contributed by atoms with Crippen molar-refractivity contribution in [1.29, 1.82) is 5.26 Å². The second-order valence-corrected chi connectivity index (χ2v) is 27.9. The number of nitriles is 1. The van der Waals surface area contributed by atoms with Crippen molar-refractivity contribution >= 4 is 49.2 Å². The van der Waals surface area contributed by atoms with Crippen LogP contribution >= 0.6 is 8.53 Å². The van der Waals surface area contributed by atoms with Gasteiger partial charge in [-0.05, 0) is 125 Å². The highest BCUT2D eigenvalue weighted by Crippen LogP contribution is 2.53. The third-order valence-corrected chi connectivity index (χ3v) is 21.7. The van der Waals surface area contributed by atoms with E-state index < -0.39 is 58.2 Å². The molecule has 1 aromatic heterocycles. The molecule has 13 nitrogen and oxygen atoms in total. The Morgan fingerprint density at radius 2 is 1.28 bits per heavy atom. The molecule has 404 valence electrons. The average molecular weight is 1090 g/mol. The van der Waals surface area contributed by atoms with Crippen molar-refractivity contribution in [2.24, 2.45) is 0 Å². The van der Waals surface area contributed by atoms with E-state index in [2.05, 4.69) is 138 Å². The molecule has 15 heteroatoms. The van der Waals surface area contributed by atoms with Crippen LogP contribution in [0.3, 0.4) is 0 Å². The fourth-order valence-corrected chi connectivity index (χ4v) is 13.3. The van der Waals surface area contributed by atoms with E-state index in [1.165, 1.54) is 10.8 Å². The highest BCUT2D eigenvalue weighted by atomic mass is 31.2. The molecule has 8 aromatic rings. The molecule has 1 saturated heterocycles. The summed E-state index contributed by atoms with van der Waals surface area (Å²) in [6.45, 7) is 19.0. The van der Waals surface area contributed by atoms with Gasteiger partial charge in [0.1, 0.15) is 41.0 Å². The second kappa shape index (κ2) is 23.3. The van der Waals surface area contributed by atoms with Crippen LogP contribution in [0.25, 0.3) is 32.3 Å². The molecule has 9 rings (SSSR count). The van der Waals surface area contributed by atoms with E-state index in [4.69, 9.17) is 32.4 Å². The van der Waals surface area contributed by atoms with Gasteiger partial charge in [-0.3, -0.25) is 14.3 Å². The van der Waals surface area contributed by atoms with E-state index in [9.17, 15) is 14.9 Å². The number of methoxy groups -OCH3 is 2. The van der Waals surface area contributed by atoms with Crippen molar-refractivity contribution in [3.8, 4) is 29.4 Å². The quantitative estimate of drug-likeness (QED) is 0.0206. The normalized spacial score (nSPS) is 17.5. The summed E-state index contributed by atoms with van der Waals surface area (Å²) in [6.07, 6.45) is -2.43. The number of nitrogens with one attached hydrogen (secondary N) is 1. The van der Waals surface area contributed by atoms with Crippen molar-refractivity contribution in [3.63, 3.8) is 0 Å². The monoisotopic (exact) mass is 1080 g/mol. The predicted molar refractivity (Wildman–Crippen MR) is 312 cm³/mol. The van der Waals surface area contributed by atoms with E-state index in [1.54, 1.807) is 14.2 Å². The van der Waals surface area contributed by atoms with Gasteiger partial charge in [0.05, 0.1) is 39.9 Å². The van der Waals surface area contributed by atoms with Crippen molar-refractivity contribution < 1.29 is 32.4 Å². The Balaban J connectivity index is 1.21. The molecular weight excluding hydrogens is 1020 g/mol. The zero-order valence-corrected chi connectivity index (χ0v) is 48.2. The highest BCUT2D eigenvalue weighted by Gasteiger charge is 2.54. The first-order valence-corrected chi connectivity index (χ1v) is 30.5. The summed E-state index contributed by atoms with van der Waals surface area (Å²) in [6, 6.07) is 46.4. The van der Waals surface area contributed by atoms with Gasteiger partial charge in [-0.2, -0.15) is 5.26 Å². The molecule has 0 spiro atoms. The van der Waals surface area contributed by atoms with Crippen LogP contribution in [0.5, 0.6) is 11.5 Å². The zero-order chi connectivity index (χ0) is 55.5. The van der Waals surface area contributed by atoms with Gasteiger partial charge in [-0.25, -0.2) is 9.46 Å². The molecule has 0 aliphatic carbocycles. The summed E-state index contributed by atoms with van der Waals surface area (Å²) >= 11 is 0. The maximum Gasteiger partial charge on any atom is 0.330 e. The minimum Gasteiger partial charge on any atom is -0.497 e. The largest absolute Gasteiger partial charge is 0.497 e. The molecule has 0 amide bonds. The maximum atomic E-state index is 14.6. The first-order chi connectivity index (χ1) is 37.4. The number of H-pyrrole nitrogens is 1. The smallest absolute Gasteiger partial charge is 0.330 e. The lowest BCUT2D eigenvalue weighted by Gasteiger charge is -2.42. The fourth-order valence-electron chi connectivity index (χ4n) is 10.3. The van der Waals surface area contributed by atoms with Crippen molar-refractivity contribution in [3.05, 3.63) is 188 Å². The van der Waals surface area contributed by atoms with Crippen LogP contribution in [-0.2, 0) is 28.5 Å². The van der Waals surface area contributed by atoms with Crippen LogP contribution in [0.1, 0.15) is 88.9 Å². The van der Waals surface area contributed by atoms with E-state index in [0.717, 1.165) is 54.6 Å². The summed E-state index contributed by atoms with van der Waals surface area (Å²) in [5.41, 5.74) is 0.619. The van der Waals surface area contributed by atoms with Gasteiger partial charge in [0.2, 0.25) is 0 Å². The summed E-state index contributed by atoms with van der Waals surface area (Å²) in [5.74, 6) is 7.81. The summed E-state index contributed by atoms with van der Waals surface area (Å²) in [5, 5.41) is 16.0. The van der Waals surface area contributed by atoms with Crippen LogP contribution in [-0.4, -0.2) is 80.4 Å². The van der Waals surface area contributed by atoms with Gasteiger partial charge >= 0.3 is 5.69 Å². The van der Waals surface area contributed by atoms with Crippen molar-refractivity contribution in [2.75, 3.05) is 27.4 Å². The molecule has 1 N–H and O–H groups in total. The first-order valence-electron chi connectivity index (χ1n) is 26.5. The van der Waals surface area contributed by atoms with Crippen molar-refractivity contribution in [2.45, 2.75) is 115 Å². The van der Waals surface area contributed by atoms with E-state index in [0.29, 0.717) is 11.5 Å². The van der Waals surface area contributed by atoms with Gasteiger partial charge in [-0.1, -0.05) is 136 Å². The van der Waals surface area contributed by atoms with E-state index in [-0.39, 0.29) is 42.3 Å². The summed E-state index contributed by atoms with van der Waals surface area (Å²) < 4.78 is 51.2. The molecule has 1 fully saturated rings. The zero-order valence-electron chi connectivity index (χ0n) is 46.3. The predicted octanol–water partition coefficient (Wildman–Crippen LogP) is 12.8. The number of hydrogen-bond acceptors (Lipinski definition) is 11. The standard InChI is InChI=1S/C63H69N4O9PSi/c1-41(2)67(42(3)4)77(73-38-16-37-64)75-57-54(40-72-63(48-19-13-12-14-20-48,49-28-32-51(70-8)33-29-49)50-30-34-52(71-9)35-31-50)74-60(58(57)76-78(10,11)62(5,6)7)66-39-47(59(68)65-61(66)69)26-22-43-21-23-46-25-24-44-17-15-18-45-27-36-53(43)56(46)55(44)45/h12-15,17-21,23-25,27-36,39,41-42,54,57-58,60H,16,38,40H2,1-11H3,(H,65,68,69)/t54-,57-,58-,60-,77?/m1/s1. The Bertz CT molecular complexity index is 3530. The number of benzene rings is 7. The first kappa shape index (κ1) is 56.1. The topological polar surface area (TPSA) is 147 Å². The van der Waals surface area contributed by atoms with Gasteiger partial charge in [0.15, 0.2) is 14.5 Å². The van der Waals surface area contributed by atoms with Gasteiger partial charge in [-0.15, -0.1) is 0 Å². The van der Waals surface area contributed by atoms with Crippen LogP contribution in [0.2, 0.25) is 18.1 Å². The molecule has 78 heavy (non-hydrogen) atoms. The maximum absolute atomic E-state index is 14.6. The van der Waals surface area contributed by atoms with Gasteiger partial charge in [0, 0.05) is 23.8 Å². The Morgan fingerprint density at radius 1 is 0.718 bits per heavy atom. The molecule has 0 saturated carbocycles. The Hall–Kier alpha value is -6.68. The van der Waals surface area contributed by atoms with E-state index in [1.807, 2.05) is 84.9 Å². The number of ether oxygens (including phenoxy) is 4. The molecule has 2 heterocycles. The van der Waals surface area contributed by atoms with Crippen molar-refractivity contribution in [1.82, 2.24) is 14.2 Å². The molecule has 0 bridgehead atoms. The lowest BCUT2D eigenvalue weighted by atomic mass is 9.80. The number of rotatable bonds is 19. The Morgan fingerprint density at radius 3 is 1.86 bits per heavy atom. The van der Waals surface area contributed by atoms with Crippen LogP contribution in [0.4, 0.5) is 0 Å². The Labute approximate surface area is 459 Å². The highest BCUT2D eigenvalue weighted by molar-refractivity contribution is 7.44. The van der Waals surface area contributed by atoms with Gasteiger partial charge in [0.25, 0.3) is 14.1 Å². The minimum absolute atomic E-state index is 0.0435. The third-order valence-electron chi connectivity index (χ3n) is 15.1. The summed E-state index contributed by atoms with van der Waals surface area (Å²) in [4.78, 5) is 31.1. The average Bonchev–Trinajstić information content (AvgIpc) is 3.94. The lowest BCUT2D eigenvalue weighted by Crippen LogP contribution is -2.51. The molecule has 0 radical (unpaired) electrons. The fraction of sp³-hybridized carbons (Fsp3) is 0.349. The number of aromatic amines is 1. The molecule has 5 atom stereocenters. The lowest BCUT2D eigenvalue weighted by molar-refractivity contribution is -0.0943. The number of aromatic nitrogens is 2. The van der Waals surface area contributed by atoms with Crippen LogP contribution < -0.4 is 20.7 Å². The van der Waals surface area contributed by atoms with E-state index >= 15 is 0 Å². The molecular formula is C63H69N4O9PSi. The van der Waals surface area contributed by atoms with Gasteiger partial charge < -0.3 is 32.4 Å². The molecule has 7 aromatic carbocycles. The minimum atomic E-state index is -2.79. The molecule has 1 aliphatic heterocycles. The second-order valence-electron chi connectivity index (χ2n) is 21.8. The van der Waals surface area contributed by atoms with Crippen LogP contribution in [0, 0.1) is 23.2 Å². The SMILES string of the molecule is COc1ccc(C(OC[C@H]2O[C@@H](n3cc(C#Cc4ccc5ccc6cccc7ccc4c5c67)c(=O)[nH]c3=O)[C@H](O[Si](C)(C)C(C)(C)C)[C@@H]2OP(OCCC#N)N(C(C)C)C(C)C)(c2ccccc2)c2ccc(OC)cc2)cc1. The summed E-state index contributed by atoms with van der Waals surface area (Å²) in [7, 11) is -1.44. The van der Waals surface area contributed by atoms with Crippen LogP contribution in [0.15, 0.2) is 149 Å². The molecule has 1 aliphatic rings. The Kier molecular flexibility index (Phi) is 16.8. The molecule has 1 unspecified atom stereocenters. The number of hydrogen-bond donors (Lipinski definition) is 1.